The molecule has 0 unspecified atom stereocenters. The van der Waals surface area contributed by atoms with Gasteiger partial charge in [0, 0.05) is 38.6 Å². The van der Waals surface area contributed by atoms with E-state index in [1.807, 2.05) is 66.7 Å². The molecule has 0 radical (unpaired) electrons. The van der Waals surface area contributed by atoms with Crippen molar-refractivity contribution in [2.45, 2.75) is 0 Å². The first-order chi connectivity index (χ1) is 26.8. The van der Waals surface area contributed by atoms with Crippen molar-refractivity contribution in [2.24, 2.45) is 0 Å². The zero-order chi connectivity index (χ0) is 35.6. The maximum Gasteiger partial charge on any atom is 0.164 e. The smallest absolute Gasteiger partial charge is 0.164 e. The van der Waals surface area contributed by atoms with Gasteiger partial charge in [-0.25, -0.2) is 24.9 Å². The van der Waals surface area contributed by atoms with E-state index in [1.165, 1.54) is 0 Å². The minimum atomic E-state index is 0.593. The van der Waals surface area contributed by atoms with Gasteiger partial charge in [-0.1, -0.05) is 146 Å². The van der Waals surface area contributed by atoms with Gasteiger partial charge in [0.1, 0.15) is 11.6 Å². The summed E-state index contributed by atoms with van der Waals surface area (Å²) in [5.41, 5.74) is 10.7. The van der Waals surface area contributed by atoms with E-state index in [9.17, 15) is 0 Å². The average molecular weight is 692 g/mol. The van der Waals surface area contributed by atoms with Gasteiger partial charge in [-0.3, -0.25) is 8.80 Å². The molecule has 54 heavy (non-hydrogen) atoms. The van der Waals surface area contributed by atoms with Crippen molar-refractivity contribution in [3.63, 3.8) is 0 Å². The largest absolute Gasteiger partial charge is 0.290 e. The van der Waals surface area contributed by atoms with Crippen molar-refractivity contribution in [1.29, 1.82) is 0 Å². The SMILES string of the molecule is c1ccc(-c2nc(-c3ccccc3)nc(-c3cccc(-c4nc5cccc6c7ccccc7n7c(-c8ccccc8)nc8cccc(c87)n4c56)c3)n2)cc1. The van der Waals surface area contributed by atoms with Crippen LogP contribution in [0.3, 0.4) is 0 Å². The van der Waals surface area contributed by atoms with Crippen LogP contribution >= 0.6 is 0 Å². The number of imidazole rings is 2. The molecule has 7 aromatic carbocycles. The van der Waals surface area contributed by atoms with Crippen LogP contribution in [-0.4, -0.2) is 33.7 Å². The standard InChI is InChI=1S/C47H29N7/c1-4-15-30(16-5-1)43-50-44(31-17-6-2-7-18-31)52-45(51-43)33-21-12-22-34(29-33)47-48-37-25-13-24-36-35-23-10-11-27-39(35)53-42-38(26-14-28-40(42)54(47)41(36)37)49-46(53)32-19-8-3-9-20-32/h1-29H. The van der Waals surface area contributed by atoms with Crippen LogP contribution in [0.5, 0.6) is 0 Å². The molecule has 0 saturated heterocycles. The Morgan fingerprint density at radius 2 is 0.741 bits per heavy atom. The predicted molar refractivity (Wildman–Crippen MR) is 217 cm³/mol. The van der Waals surface area contributed by atoms with Crippen molar-refractivity contribution < 1.29 is 0 Å². The van der Waals surface area contributed by atoms with E-state index >= 15 is 0 Å². The number of hydrogen-bond acceptors (Lipinski definition) is 5. The fraction of sp³-hybridized carbons (Fsp3) is 0. The quantitative estimate of drug-likeness (QED) is 0.180. The zero-order valence-electron chi connectivity index (χ0n) is 28.9. The second-order valence-corrected chi connectivity index (χ2v) is 13.4. The monoisotopic (exact) mass is 691 g/mol. The van der Waals surface area contributed by atoms with Crippen LogP contribution < -0.4 is 0 Å². The summed E-state index contributed by atoms with van der Waals surface area (Å²) in [4.78, 5) is 25.6. The molecule has 0 atom stereocenters. The molecule has 4 aromatic heterocycles. The highest BCUT2D eigenvalue weighted by atomic mass is 15.1. The van der Waals surface area contributed by atoms with E-state index < -0.39 is 0 Å². The third-order valence-corrected chi connectivity index (χ3v) is 10.1. The van der Waals surface area contributed by atoms with E-state index in [0.29, 0.717) is 17.5 Å². The average Bonchev–Trinajstić information content (AvgIpc) is 3.84. The highest BCUT2D eigenvalue weighted by Gasteiger charge is 2.21. The normalized spacial score (nSPS) is 11.7. The van der Waals surface area contributed by atoms with Gasteiger partial charge in [0.25, 0.3) is 0 Å². The van der Waals surface area contributed by atoms with Crippen molar-refractivity contribution in [3.8, 4) is 56.9 Å². The number of nitrogens with zero attached hydrogens (tertiary/aromatic N) is 7. The van der Waals surface area contributed by atoms with Gasteiger partial charge in [0.15, 0.2) is 17.5 Å². The summed E-state index contributed by atoms with van der Waals surface area (Å²) in [5.74, 6) is 3.55. The van der Waals surface area contributed by atoms with Crippen molar-refractivity contribution in [2.75, 3.05) is 0 Å². The molecular formula is C47H29N7. The van der Waals surface area contributed by atoms with E-state index in [4.69, 9.17) is 24.9 Å². The van der Waals surface area contributed by atoms with Crippen molar-refractivity contribution >= 4 is 43.9 Å². The Morgan fingerprint density at radius 1 is 0.296 bits per heavy atom. The van der Waals surface area contributed by atoms with Gasteiger partial charge in [0.2, 0.25) is 0 Å². The lowest BCUT2D eigenvalue weighted by Crippen LogP contribution is -2.00. The Hall–Kier alpha value is -7.51. The first-order valence-electron chi connectivity index (χ1n) is 17.9. The molecule has 4 heterocycles. The molecule has 0 saturated carbocycles. The molecule has 7 nitrogen and oxygen atoms in total. The highest BCUT2D eigenvalue weighted by Crippen LogP contribution is 2.38. The highest BCUT2D eigenvalue weighted by molar-refractivity contribution is 6.13. The molecule has 11 aromatic rings. The fourth-order valence-electron chi connectivity index (χ4n) is 7.71. The summed E-state index contributed by atoms with van der Waals surface area (Å²) in [7, 11) is 0. The molecule has 7 heteroatoms. The van der Waals surface area contributed by atoms with E-state index in [-0.39, 0.29) is 0 Å². The summed E-state index contributed by atoms with van der Waals surface area (Å²) in [6.07, 6.45) is 0. The van der Waals surface area contributed by atoms with Crippen LogP contribution in [0.2, 0.25) is 0 Å². The lowest BCUT2D eigenvalue weighted by Gasteiger charge is -2.12. The van der Waals surface area contributed by atoms with Crippen LogP contribution in [0.25, 0.3) is 101 Å². The molecule has 0 bridgehead atoms. The fourth-order valence-corrected chi connectivity index (χ4v) is 7.71. The van der Waals surface area contributed by atoms with E-state index in [0.717, 1.165) is 83.3 Å². The van der Waals surface area contributed by atoms with Crippen molar-refractivity contribution in [1.82, 2.24) is 33.7 Å². The molecular weight excluding hydrogens is 663 g/mol. The minimum Gasteiger partial charge on any atom is -0.290 e. The molecule has 0 spiro atoms. The molecule has 0 N–H and O–H groups in total. The maximum atomic E-state index is 5.38. The Balaban J connectivity index is 1.22. The van der Waals surface area contributed by atoms with Gasteiger partial charge in [-0.2, -0.15) is 0 Å². The third kappa shape index (κ3) is 4.72. The van der Waals surface area contributed by atoms with Gasteiger partial charge < -0.3 is 0 Å². The van der Waals surface area contributed by atoms with Crippen molar-refractivity contribution in [3.05, 3.63) is 176 Å². The second-order valence-electron chi connectivity index (χ2n) is 13.4. The van der Waals surface area contributed by atoms with Crippen LogP contribution in [0.4, 0.5) is 0 Å². The summed E-state index contributed by atoms with van der Waals surface area (Å²) in [6, 6.07) is 60.3. The molecule has 0 fully saturated rings. The van der Waals surface area contributed by atoms with Gasteiger partial charge >= 0.3 is 0 Å². The Labute approximate surface area is 309 Å². The van der Waals surface area contributed by atoms with E-state index in [1.54, 1.807) is 0 Å². The summed E-state index contributed by atoms with van der Waals surface area (Å²) >= 11 is 0. The first-order valence-corrected chi connectivity index (χ1v) is 17.9. The molecule has 11 rings (SSSR count). The number of aromatic nitrogens is 7. The molecule has 0 aliphatic heterocycles. The summed E-state index contributed by atoms with van der Waals surface area (Å²) in [5, 5.41) is 2.22. The number of fused-ring (bicyclic) bond motifs is 4. The van der Waals surface area contributed by atoms with E-state index in [2.05, 4.69) is 118 Å². The Bertz CT molecular complexity index is 3150. The van der Waals surface area contributed by atoms with Gasteiger partial charge in [-0.05, 0) is 30.3 Å². The van der Waals surface area contributed by atoms with Crippen LogP contribution in [0, 0.1) is 0 Å². The molecule has 252 valence electrons. The number of para-hydroxylation sites is 3. The Kier molecular flexibility index (Phi) is 6.72. The van der Waals surface area contributed by atoms with Crippen LogP contribution in [-0.2, 0) is 0 Å². The lowest BCUT2D eigenvalue weighted by atomic mass is 10.1. The lowest BCUT2D eigenvalue weighted by molar-refractivity contribution is 1.07. The summed E-state index contributed by atoms with van der Waals surface area (Å²) in [6.45, 7) is 0. The molecule has 0 aliphatic rings. The second kappa shape index (κ2) is 12.0. The third-order valence-electron chi connectivity index (χ3n) is 10.1. The number of hydrogen-bond donors (Lipinski definition) is 0. The number of rotatable bonds is 5. The zero-order valence-corrected chi connectivity index (χ0v) is 28.9. The summed E-state index contributed by atoms with van der Waals surface area (Å²) < 4.78 is 4.63. The Morgan fingerprint density at radius 3 is 1.43 bits per heavy atom. The molecule has 0 amide bonds. The topological polar surface area (TPSA) is 73.3 Å². The first kappa shape index (κ1) is 30.1. The van der Waals surface area contributed by atoms with Gasteiger partial charge in [0.05, 0.1) is 33.1 Å². The maximum absolute atomic E-state index is 5.38. The van der Waals surface area contributed by atoms with Crippen LogP contribution in [0.15, 0.2) is 176 Å². The predicted octanol–water partition coefficient (Wildman–Crippen LogP) is 11.0. The van der Waals surface area contributed by atoms with Crippen LogP contribution in [0.1, 0.15) is 0 Å². The number of benzene rings is 7. The van der Waals surface area contributed by atoms with Gasteiger partial charge in [-0.15, -0.1) is 0 Å². The minimum absolute atomic E-state index is 0.593. The molecule has 0 aliphatic carbocycles.